The molecule has 1 amide bonds. The third kappa shape index (κ3) is 5.66. The predicted octanol–water partition coefficient (Wildman–Crippen LogP) is 2.89. The lowest BCUT2D eigenvalue weighted by molar-refractivity contribution is -0.126. The second-order valence-electron chi connectivity index (χ2n) is 7.79. The van der Waals surface area contributed by atoms with Gasteiger partial charge in [-0.1, -0.05) is 28.9 Å². The van der Waals surface area contributed by atoms with Crippen molar-refractivity contribution in [2.24, 2.45) is 5.92 Å². The van der Waals surface area contributed by atoms with Gasteiger partial charge in [0.15, 0.2) is 10.7 Å². The summed E-state index contributed by atoms with van der Waals surface area (Å²) in [4.78, 5) is 14.5. The van der Waals surface area contributed by atoms with Gasteiger partial charge in [-0.25, -0.2) is 8.42 Å². The van der Waals surface area contributed by atoms with E-state index in [2.05, 4.69) is 10.5 Å². The molecule has 168 valence electrons. The molecule has 0 saturated carbocycles. The van der Waals surface area contributed by atoms with E-state index in [4.69, 9.17) is 16.1 Å². The summed E-state index contributed by atoms with van der Waals surface area (Å²) in [6.45, 7) is 2.44. The van der Waals surface area contributed by atoms with Crippen LogP contribution in [0.2, 0.25) is 5.02 Å². The number of piperidine rings is 1. The van der Waals surface area contributed by atoms with Crippen LogP contribution in [-0.4, -0.2) is 55.9 Å². The van der Waals surface area contributed by atoms with Crippen LogP contribution in [0.4, 0.5) is 0 Å². The van der Waals surface area contributed by atoms with Crippen LogP contribution >= 0.6 is 11.6 Å². The van der Waals surface area contributed by atoms with Crippen molar-refractivity contribution >= 4 is 33.6 Å². The molecule has 0 aliphatic carbocycles. The Kier molecular flexibility index (Phi) is 7.40. The van der Waals surface area contributed by atoms with Crippen molar-refractivity contribution in [3.63, 3.8) is 0 Å². The number of amides is 1. The molecule has 1 saturated heterocycles. The van der Waals surface area contributed by atoms with E-state index >= 15 is 0 Å². The summed E-state index contributed by atoms with van der Waals surface area (Å²) in [6.07, 6.45) is 4.51. The molecule has 1 N–H and O–H groups in total. The fourth-order valence-corrected chi connectivity index (χ4v) is 5.36. The molecular formula is C21H27ClN4O4S. The Morgan fingerprint density at radius 1 is 1.35 bits per heavy atom. The van der Waals surface area contributed by atoms with Gasteiger partial charge in [-0.2, -0.15) is 4.31 Å². The number of rotatable bonds is 7. The predicted molar refractivity (Wildman–Crippen MR) is 119 cm³/mol. The Morgan fingerprint density at radius 3 is 2.74 bits per heavy atom. The molecule has 1 atom stereocenters. The topological polar surface area (TPSA) is 95.8 Å². The quantitative estimate of drug-likeness (QED) is 0.674. The number of aryl methyl sites for hydroxylation is 1. The lowest BCUT2D eigenvalue weighted by Crippen LogP contribution is -2.45. The number of aromatic nitrogens is 1. The zero-order valence-corrected chi connectivity index (χ0v) is 19.4. The molecule has 1 aromatic carbocycles. The van der Waals surface area contributed by atoms with E-state index in [9.17, 15) is 13.2 Å². The van der Waals surface area contributed by atoms with E-state index in [1.807, 2.05) is 26.2 Å². The summed E-state index contributed by atoms with van der Waals surface area (Å²) < 4.78 is 33.3. The van der Waals surface area contributed by atoms with Crippen LogP contribution in [0.15, 0.2) is 39.9 Å². The average molecular weight is 467 g/mol. The number of sulfonamides is 1. The maximum absolute atomic E-state index is 13.3. The monoisotopic (exact) mass is 466 g/mol. The molecule has 2 heterocycles. The smallest absolute Gasteiger partial charge is 0.248 e. The molecule has 0 spiro atoms. The van der Waals surface area contributed by atoms with Crippen molar-refractivity contribution < 1.29 is 17.7 Å². The zero-order valence-electron chi connectivity index (χ0n) is 17.8. The number of benzene rings is 1. The number of nitrogens with zero attached hydrogens (tertiary/aromatic N) is 3. The fourth-order valence-electron chi connectivity index (χ4n) is 3.46. The van der Waals surface area contributed by atoms with E-state index in [-0.39, 0.29) is 23.1 Å². The highest BCUT2D eigenvalue weighted by molar-refractivity contribution is 7.89. The fraction of sp³-hybridized carbons (Fsp3) is 0.429. The molecule has 1 aliphatic heterocycles. The van der Waals surface area contributed by atoms with E-state index in [1.54, 1.807) is 36.2 Å². The van der Waals surface area contributed by atoms with E-state index in [0.29, 0.717) is 36.6 Å². The van der Waals surface area contributed by atoms with Crippen LogP contribution in [0, 0.1) is 12.8 Å². The summed E-state index contributed by atoms with van der Waals surface area (Å²) in [6, 6.07) is 7.22. The van der Waals surface area contributed by atoms with Crippen molar-refractivity contribution in [1.82, 2.24) is 19.7 Å². The van der Waals surface area contributed by atoms with Gasteiger partial charge in [0.2, 0.25) is 15.9 Å². The minimum Gasteiger partial charge on any atom is -0.383 e. The van der Waals surface area contributed by atoms with Crippen molar-refractivity contribution in [2.75, 3.05) is 27.2 Å². The van der Waals surface area contributed by atoms with Gasteiger partial charge in [-0.3, -0.25) is 4.79 Å². The molecule has 1 unspecified atom stereocenters. The summed E-state index contributed by atoms with van der Waals surface area (Å²) in [5.74, 6) is -0.401. The Hall–Kier alpha value is -2.36. The van der Waals surface area contributed by atoms with Crippen LogP contribution < -0.4 is 5.32 Å². The third-order valence-corrected chi connectivity index (χ3v) is 7.37. The van der Waals surface area contributed by atoms with Crippen molar-refractivity contribution in [1.29, 1.82) is 0 Å². The molecule has 31 heavy (non-hydrogen) atoms. The van der Waals surface area contributed by atoms with Crippen LogP contribution in [0.25, 0.3) is 6.08 Å². The Balaban J connectivity index is 1.71. The van der Waals surface area contributed by atoms with Gasteiger partial charge in [-0.15, -0.1) is 0 Å². The van der Waals surface area contributed by atoms with E-state index in [0.717, 1.165) is 5.56 Å². The third-order valence-electron chi connectivity index (χ3n) is 5.09. The van der Waals surface area contributed by atoms with Gasteiger partial charge in [-0.05, 0) is 37.5 Å². The number of carbonyl (C=O) groups excluding carboxylic acids is 1. The largest absolute Gasteiger partial charge is 0.383 e. The van der Waals surface area contributed by atoms with Crippen molar-refractivity contribution in [2.45, 2.75) is 31.2 Å². The molecular weight excluding hydrogens is 440 g/mol. The lowest BCUT2D eigenvalue weighted by Gasteiger charge is -2.31. The minimum absolute atomic E-state index is 0.0489. The lowest BCUT2D eigenvalue weighted by atomic mass is 9.99. The molecule has 10 heteroatoms. The van der Waals surface area contributed by atoms with Crippen LogP contribution in [0.3, 0.4) is 0 Å². The Bertz CT molecular complexity index is 1050. The second kappa shape index (κ2) is 9.84. The molecule has 2 aromatic rings. The average Bonchev–Trinajstić information content (AvgIpc) is 3.13. The SMILES string of the molecule is Cc1noc(/C=C/N(C)C)c1S(=O)(=O)N1CCCC(C(=O)NCc2ccc(Cl)cc2)C1. The van der Waals surface area contributed by atoms with Crippen LogP contribution in [0.5, 0.6) is 0 Å². The van der Waals surface area contributed by atoms with Gasteiger partial charge < -0.3 is 14.7 Å². The molecule has 8 nitrogen and oxygen atoms in total. The summed E-state index contributed by atoms with van der Waals surface area (Å²) >= 11 is 5.89. The number of hydrogen-bond acceptors (Lipinski definition) is 6. The first-order valence-electron chi connectivity index (χ1n) is 10.0. The molecule has 0 radical (unpaired) electrons. The Morgan fingerprint density at radius 2 is 2.06 bits per heavy atom. The first-order valence-corrected chi connectivity index (χ1v) is 11.8. The van der Waals surface area contributed by atoms with Crippen molar-refractivity contribution in [3.8, 4) is 0 Å². The second-order valence-corrected chi connectivity index (χ2v) is 10.1. The van der Waals surface area contributed by atoms with Gasteiger partial charge in [0.05, 0.1) is 5.92 Å². The highest BCUT2D eigenvalue weighted by Gasteiger charge is 2.36. The first kappa shape index (κ1) is 23.3. The normalized spacial score (nSPS) is 17.7. The molecule has 0 bridgehead atoms. The zero-order chi connectivity index (χ0) is 22.6. The molecule has 3 rings (SSSR count). The number of halogens is 1. The Labute approximate surface area is 187 Å². The van der Waals surface area contributed by atoms with Crippen molar-refractivity contribution in [3.05, 3.63) is 52.5 Å². The first-order chi connectivity index (χ1) is 14.7. The standard InChI is InChI=1S/C21H27ClN4O4S/c1-15-20(19(30-24-15)10-12-25(2)3)31(28,29)26-11-4-5-17(14-26)21(27)23-13-16-6-8-18(22)9-7-16/h6-10,12,17H,4-5,11,13-14H2,1-3H3,(H,23,27)/b12-10+. The highest BCUT2D eigenvalue weighted by Crippen LogP contribution is 2.29. The maximum atomic E-state index is 13.3. The van der Waals surface area contributed by atoms with Gasteiger partial charge >= 0.3 is 0 Å². The number of carbonyl (C=O) groups is 1. The highest BCUT2D eigenvalue weighted by atomic mass is 35.5. The van der Waals surface area contributed by atoms with E-state index in [1.165, 1.54) is 4.31 Å². The van der Waals surface area contributed by atoms with Crippen LogP contribution in [-0.2, 0) is 21.4 Å². The molecule has 1 aliphatic rings. The van der Waals surface area contributed by atoms with Gasteiger partial charge in [0, 0.05) is 51.0 Å². The summed E-state index contributed by atoms with van der Waals surface area (Å²) in [5, 5.41) is 7.37. The minimum atomic E-state index is -3.85. The maximum Gasteiger partial charge on any atom is 0.248 e. The number of nitrogens with one attached hydrogen (secondary N) is 1. The molecule has 1 aromatic heterocycles. The summed E-state index contributed by atoms with van der Waals surface area (Å²) in [5.41, 5.74) is 1.23. The molecule has 1 fully saturated rings. The van der Waals surface area contributed by atoms with Crippen LogP contribution in [0.1, 0.15) is 29.9 Å². The van der Waals surface area contributed by atoms with Gasteiger partial charge in [0.25, 0.3) is 0 Å². The van der Waals surface area contributed by atoms with Gasteiger partial charge in [0.1, 0.15) is 5.69 Å². The number of hydrogen-bond donors (Lipinski definition) is 1. The summed E-state index contributed by atoms with van der Waals surface area (Å²) in [7, 11) is -0.203. The van der Waals surface area contributed by atoms with E-state index < -0.39 is 15.9 Å².